The Balaban J connectivity index is 1.71. The van der Waals surface area contributed by atoms with Crippen LogP contribution in [0.1, 0.15) is 35.3 Å². The number of carbonyl (C=O) groups is 1. The molecule has 31 heavy (non-hydrogen) atoms. The molecule has 166 valence electrons. The van der Waals surface area contributed by atoms with Gasteiger partial charge in [-0.1, -0.05) is 30.7 Å². The summed E-state index contributed by atoms with van der Waals surface area (Å²) in [6, 6.07) is 8.38. The molecular weight excluding hydrogens is 431 g/mol. The minimum Gasteiger partial charge on any atom is -0.323 e. The third kappa shape index (κ3) is 5.28. The second-order valence-corrected chi connectivity index (χ2v) is 8.01. The van der Waals surface area contributed by atoms with E-state index in [1.807, 2.05) is 19.1 Å². The molecular formula is C21H23ClF3N5O. The van der Waals surface area contributed by atoms with Gasteiger partial charge in [-0.3, -0.25) is 14.2 Å². The number of halogens is 4. The second-order valence-electron chi connectivity index (χ2n) is 7.57. The highest BCUT2D eigenvalue weighted by molar-refractivity contribution is 6.30. The molecule has 0 radical (unpaired) electrons. The van der Waals surface area contributed by atoms with Crippen molar-refractivity contribution in [1.29, 1.82) is 0 Å². The Kier molecular flexibility index (Phi) is 6.45. The van der Waals surface area contributed by atoms with E-state index in [1.165, 1.54) is 11.6 Å². The van der Waals surface area contributed by atoms with E-state index in [0.29, 0.717) is 28.6 Å². The van der Waals surface area contributed by atoms with Crippen molar-refractivity contribution < 1.29 is 18.0 Å². The van der Waals surface area contributed by atoms with Crippen LogP contribution in [0.4, 0.5) is 18.9 Å². The van der Waals surface area contributed by atoms with Crippen molar-refractivity contribution in [2.75, 3.05) is 5.32 Å². The number of carbonyl (C=O) groups excluding carboxylic acids is 1. The zero-order valence-electron chi connectivity index (χ0n) is 17.6. The molecule has 3 rings (SSSR count). The van der Waals surface area contributed by atoms with Crippen molar-refractivity contribution in [2.45, 2.75) is 47.0 Å². The van der Waals surface area contributed by atoms with Gasteiger partial charge in [-0.05, 0) is 44.5 Å². The highest BCUT2D eigenvalue weighted by Crippen LogP contribution is 2.29. The van der Waals surface area contributed by atoms with Crippen molar-refractivity contribution in [3.63, 3.8) is 0 Å². The minimum absolute atomic E-state index is 0.0325. The number of hydrogen-bond donors (Lipinski definition) is 1. The molecule has 2 heterocycles. The Hall–Kier alpha value is -2.81. The van der Waals surface area contributed by atoms with Gasteiger partial charge in [0, 0.05) is 10.7 Å². The molecule has 6 nitrogen and oxygen atoms in total. The Morgan fingerprint density at radius 2 is 1.77 bits per heavy atom. The van der Waals surface area contributed by atoms with E-state index in [-0.39, 0.29) is 12.5 Å². The summed E-state index contributed by atoms with van der Waals surface area (Å²) in [5.74, 6) is -0.918. The molecule has 1 amide bonds. The fraction of sp³-hybridized carbons (Fsp3) is 0.381. The lowest BCUT2D eigenvalue weighted by molar-refractivity contribution is -0.141. The van der Waals surface area contributed by atoms with Gasteiger partial charge in [-0.15, -0.1) is 0 Å². The van der Waals surface area contributed by atoms with Crippen LogP contribution in [0.25, 0.3) is 0 Å². The van der Waals surface area contributed by atoms with Crippen molar-refractivity contribution in [3.05, 3.63) is 63.7 Å². The van der Waals surface area contributed by atoms with Crippen LogP contribution in [0.15, 0.2) is 30.3 Å². The van der Waals surface area contributed by atoms with Gasteiger partial charge in [0.15, 0.2) is 5.69 Å². The van der Waals surface area contributed by atoms with E-state index in [0.717, 1.165) is 17.3 Å². The Morgan fingerprint density at radius 1 is 1.13 bits per heavy atom. The maximum absolute atomic E-state index is 12.9. The largest absolute Gasteiger partial charge is 0.435 e. The van der Waals surface area contributed by atoms with E-state index in [2.05, 4.69) is 15.5 Å². The van der Waals surface area contributed by atoms with Crippen LogP contribution in [0.2, 0.25) is 5.02 Å². The molecule has 1 N–H and O–H groups in total. The first-order valence-corrected chi connectivity index (χ1v) is 10.0. The van der Waals surface area contributed by atoms with Crippen LogP contribution in [-0.2, 0) is 24.1 Å². The number of amides is 1. The molecule has 1 aromatic carbocycles. The van der Waals surface area contributed by atoms with E-state index in [4.69, 9.17) is 11.6 Å². The molecule has 3 aromatic rings. The number of hydrogen-bond acceptors (Lipinski definition) is 3. The molecule has 0 aliphatic heterocycles. The van der Waals surface area contributed by atoms with Gasteiger partial charge in [0.1, 0.15) is 0 Å². The fourth-order valence-corrected chi connectivity index (χ4v) is 3.34. The lowest BCUT2D eigenvalue weighted by Crippen LogP contribution is -2.26. The smallest absolute Gasteiger partial charge is 0.323 e. The Bertz CT molecular complexity index is 1090. The highest BCUT2D eigenvalue weighted by Gasteiger charge is 2.34. The number of benzene rings is 1. The van der Waals surface area contributed by atoms with Gasteiger partial charge in [-0.2, -0.15) is 23.4 Å². The number of anilines is 1. The zero-order valence-corrected chi connectivity index (χ0v) is 18.3. The number of aryl methyl sites for hydroxylation is 2. The standard InChI is InChI=1S/C21H23ClF3N5O/c1-12(10-29-13(2)9-18(28-29)21(23,24)25)20(31)26-19-14(3)27-30(15(19)4)11-16-5-7-17(22)8-6-16/h5-9,12H,10-11H2,1-4H3,(H,26,31). The predicted octanol–water partition coefficient (Wildman–Crippen LogP) is 5.00. The molecule has 10 heteroatoms. The maximum atomic E-state index is 12.9. The molecule has 2 aromatic heterocycles. The first-order valence-electron chi connectivity index (χ1n) is 9.66. The summed E-state index contributed by atoms with van der Waals surface area (Å²) in [6.45, 7) is 7.36. The highest BCUT2D eigenvalue weighted by atomic mass is 35.5. The summed E-state index contributed by atoms with van der Waals surface area (Å²) < 4.78 is 41.6. The summed E-state index contributed by atoms with van der Waals surface area (Å²) in [5, 5.41) is 11.6. The van der Waals surface area contributed by atoms with Crippen LogP contribution in [0.3, 0.4) is 0 Å². The summed E-state index contributed by atoms with van der Waals surface area (Å²) >= 11 is 5.92. The van der Waals surface area contributed by atoms with Crippen molar-refractivity contribution in [1.82, 2.24) is 19.6 Å². The summed E-state index contributed by atoms with van der Waals surface area (Å²) in [4.78, 5) is 12.7. The van der Waals surface area contributed by atoms with Crippen LogP contribution in [-0.4, -0.2) is 25.5 Å². The average Bonchev–Trinajstić information content (AvgIpc) is 3.18. The normalized spacial score (nSPS) is 12.8. The van der Waals surface area contributed by atoms with Gasteiger partial charge in [0.05, 0.1) is 36.1 Å². The summed E-state index contributed by atoms with van der Waals surface area (Å²) in [7, 11) is 0. The quantitative estimate of drug-likeness (QED) is 0.571. The lowest BCUT2D eigenvalue weighted by Gasteiger charge is -2.14. The van der Waals surface area contributed by atoms with E-state index in [1.54, 1.807) is 30.7 Å². The van der Waals surface area contributed by atoms with Crippen LogP contribution >= 0.6 is 11.6 Å². The average molecular weight is 454 g/mol. The number of aromatic nitrogens is 4. The van der Waals surface area contributed by atoms with Gasteiger partial charge >= 0.3 is 6.18 Å². The Labute approximate surface area is 183 Å². The number of nitrogens with one attached hydrogen (secondary N) is 1. The van der Waals surface area contributed by atoms with Crippen LogP contribution < -0.4 is 5.32 Å². The number of nitrogens with zero attached hydrogens (tertiary/aromatic N) is 4. The van der Waals surface area contributed by atoms with E-state index < -0.39 is 17.8 Å². The third-order valence-corrected chi connectivity index (χ3v) is 5.29. The third-order valence-electron chi connectivity index (χ3n) is 5.04. The molecule has 1 atom stereocenters. The molecule has 0 spiro atoms. The molecule has 0 aliphatic carbocycles. The van der Waals surface area contributed by atoms with Crippen LogP contribution in [0, 0.1) is 26.7 Å². The first kappa shape index (κ1) is 22.9. The molecule has 1 unspecified atom stereocenters. The van der Waals surface area contributed by atoms with Crippen LogP contribution in [0.5, 0.6) is 0 Å². The number of alkyl halides is 3. The van der Waals surface area contributed by atoms with Gasteiger partial charge in [-0.25, -0.2) is 0 Å². The summed E-state index contributed by atoms with van der Waals surface area (Å²) in [5.41, 5.74) is 2.42. The Morgan fingerprint density at radius 3 is 2.35 bits per heavy atom. The van der Waals surface area contributed by atoms with Crippen molar-refractivity contribution in [3.8, 4) is 0 Å². The number of rotatable bonds is 6. The fourth-order valence-electron chi connectivity index (χ4n) is 3.22. The second kappa shape index (κ2) is 8.74. The monoisotopic (exact) mass is 453 g/mol. The molecule has 0 fully saturated rings. The maximum Gasteiger partial charge on any atom is 0.435 e. The summed E-state index contributed by atoms with van der Waals surface area (Å²) in [6.07, 6.45) is -4.52. The van der Waals surface area contributed by atoms with Gasteiger partial charge in [0.25, 0.3) is 0 Å². The van der Waals surface area contributed by atoms with E-state index in [9.17, 15) is 18.0 Å². The SMILES string of the molecule is Cc1nn(Cc2ccc(Cl)cc2)c(C)c1NC(=O)C(C)Cn1nc(C(F)(F)F)cc1C. The molecule has 0 saturated heterocycles. The van der Waals surface area contributed by atoms with Crippen molar-refractivity contribution >= 4 is 23.2 Å². The van der Waals surface area contributed by atoms with E-state index >= 15 is 0 Å². The first-order chi connectivity index (χ1) is 14.5. The lowest BCUT2D eigenvalue weighted by atomic mass is 10.1. The topological polar surface area (TPSA) is 64.7 Å². The molecule has 0 aliphatic rings. The zero-order chi connectivity index (χ0) is 22.9. The van der Waals surface area contributed by atoms with Gasteiger partial charge < -0.3 is 5.32 Å². The minimum atomic E-state index is -4.52. The van der Waals surface area contributed by atoms with Gasteiger partial charge in [0.2, 0.25) is 5.91 Å². The molecule has 0 bridgehead atoms. The van der Waals surface area contributed by atoms with Crippen molar-refractivity contribution in [2.24, 2.45) is 5.92 Å². The predicted molar refractivity (Wildman–Crippen MR) is 112 cm³/mol. The molecule has 0 saturated carbocycles.